The summed E-state index contributed by atoms with van der Waals surface area (Å²) in [6.07, 6.45) is 7.06. The molecule has 160 valence electrons. The summed E-state index contributed by atoms with van der Waals surface area (Å²) in [5.41, 5.74) is 6.05. The molecule has 0 fully saturated rings. The molecule has 0 unspecified atom stereocenters. The van der Waals surface area contributed by atoms with Crippen LogP contribution in [0.25, 0.3) is 59.8 Å². The van der Waals surface area contributed by atoms with Crippen molar-refractivity contribution in [2.75, 3.05) is 0 Å². The molecule has 0 bridgehead atoms. The Morgan fingerprint density at radius 1 is 0.706 bits per heavy atom. The topological polar surface area (TPSA) is 69.4 Å². The smallest absolute Gasteiger partial charge is 0.116 e. The Labute approximate surface area is 198 Å². The van der Waals surface area contributed by atoms with Gasteiger partial charge in [-0.1, -0.05) is 30.3 Å². The summed E-state index contributed by atoms with van der Waals surface area (Å²) >= 11 is 1.76. The van der Waals surface area contributed by atoms with Crippen LogP contribution in [0.3, 0.4) is 0 Å². The number of thiophene rings is 1. The van der Waals surface area contributed by atoms with E-state index in [2.05, 4.69) is 60.9 Å². The molecule has 7 heteroatoms. The average Bonchev–Trinajstić information content (AvgIpc) is 3.44. The molecule has 7 aromatic rings. The summed E-state index contributed by atoms with van der Waals surface area (Å²) < 4.78 is 3.46. The van der Waals surface area contributed by atoms with Gasteiger partial charge >= 0.3 is 0 Å². The molecule has 0 amide bonds. The van der Waals surface area contributed by atoms with Gasteiger partial charge in [-0.3, -0.25) is 14.5 Å². The minimum atomic E-state index is 0.784. The summed E-state index contributed by atoms with van der Waals surface area (Å²) in [6, 6.07) is 24.3. The minimum Gasteiger partial charge on any atom is -0.297 e. The van der Waals surface area contributed by atoms with Crippen LogP contribution in [0.5, 0.6) is 0 Å². The molecule has 0 saturated heterocycles. The number of aromatic nitrogens is 6. The lowest BCUT2D eigenvalue weighted by atomic mass is 10.1. The van der Waals surface area contributed by atoms with Crippen molar-refractivity contribution in [2.45, 2.75) is 0 Å². The van der Waals surface area contributed by atoms with Crippen molar-refractivity contribution in [3.05, 3.63) is 97.7 Å². The quantitative estimate of drug-likeness (QED) is 0.312. The highest BCUT2D eigenvalue weighted by Gasteiger charge is 2.20. The van der Waals surface area contributed by atoms with E-state index >= 15 is 0 Å². The lowest BCUT2D eigenvalue weighted by Gasteiger charge is -2.11. The number of pyridine rings is 3. The molecule has 0 saturated carbocycles. The van der Waals surface area contributed by atoms with Crippen molar-refractivity contribution < 1.29 is 0 Å². The third kappa shape index (κ3) is 2.91. The van der Waals surface area contributed by atoms with E-state index in [9.17, 15) is 0 Å². The van der Waals surface area contributed by atoms with Crippen LogP contribution in [0, 0.1) is 0 Å². The molecule has 6 heterocycles. The third-order valence-electron chi connectivity index (χ3n) is 5.87. The van der Waals surface area contributed by atoms with Gasteiger partial charge in [-0.25, -0.2) is 15.0 Å². The standard InChI is InChI=1S/C27H16N6S/c1-2-10-24-18(7-1)25-26-23(15-28-16-31-26)33(27(25)34-24)17-13-21(19-8-3-5-11-29-19)32-22(14-17)20-9-4-6-12-30-20/h1-16H. The Morgan fingerprint density at radius 3 is 2.12 bits per heavy atom. The second kappa shape index (κ2) is 7.54. The highest BCUT2D eigenvalue weighted by Crippen LogP contribution is 2.41. The molecule has 34 heavy (non-hydrogen) atoms. The highest BCUT2D eigenvalue weighted by atomic mass is 32.1. The monoisotopic (exact) mass is 456 g/mol. The summed E-state index contributed by atoms with van der Waals surface area (Å²) in [5.74, 6) is 0. The van der Waals surface area contributed by atoms with Crippen LogP contribution >= 0.6 is 11.3 Å². The molecule has 0 radical (unpaired) electrons. The molecule has 0 atom stereocenters. The van der Waals surface area contributed by atoms with Gasteiger partial charge < -0.3 is 0 Å². The van der Waals surface area contributed by atoms with Crippen LogP contribution in [0.4, 0.5) is 0 Å². The summed E-state index contributed by atoms with van der Waals surface area (Å²) in [6.45, 7) is 0. The number of rotatable bonds is 3. The second-order valence-electron chi connectivity index (χ2n) is 7.90. The fourth-order valence-electron chi connectivity index (χ4n) is 4.40. The first-order valence-corrected chi connectivity index (χ1v) is 11.7. The summed E-state index contributed by atoms with van der Waals surface area (Å²) in [4.78, 5) is 24.2. The zero-order chi connectivity index (χ0) is 22.5. The van der Waals surface area contributed by atoms with Crippen LogP contribution in [0.2, 0.25) is 0 Å². The first-order chi connectivity index (χ1) is 16.9. The van der Waals surface area contributed by atoms with Crippen molar-refractivity contribution in [3.8, 4) is 28.5 Å². The van der Waals surface area contributed by atoms with Gasteiger partial charge in [-0.05, 0) is 42.5 Å². The molecule has 0 aliphatic rings. The molecule has 6 aromatic heterocycles. The van der Waals surface area contributed by atoms with Crippen LogP contribution in [0.1, 0.15) is 0 Å². The fourth-order valence-corrected chi connectivity index (χ4v) is 5.64. The van der Waals surface area contributed by atoms with Gasteiger partial charge in [0.1, 0.15) is 16.7 Å². The normalized spacial score (nSPS) is 11.5. The Morgan fingerprint density at radius 2 is 1.41 bits per heavy atom. The second-order valence-corrected chi connectivity index (χ2v) is 8.93. The Bertz CT molecular complexity index is 1750. The van der Waals surface area contributed by atoms with Gasteiger partial charge in [0.25, 0.3) is 0 Å². The molecule has 7 rings (SSSR count). The van der Waals surface area contributed by atoms with Gasteiger partial charge in [0.15, 0.2) is 0 Å². The zero-order valence-corrected chi connectivity index (χ0v) is 18.6. The maximum atomic E-state index is 4.92. The first kappa shape index (κ1) is 19.0. The van der Waals surface area contributed by atoms with Crippen LogP contribution < -0.4 is 0 Å². The first-order valence-electron chi connectivity index (χ1n) is 10.8. The molecule has 0 spiro atoms. The number of hydrogen-bond acceptors (Lipinski definition) is 6. The summed E-state index contributed by atoms with van der Waals surface area (Å²) in [5, 5.41) is 2.35. The summed E-state index contributed by atoms with van der Waals surface area (Å²) in [7, 11) is 0. The molecule has 0 aliphatic carbocycles. The maximum Gasteiger partial charge on any atom is 0.116 e. The van der Waals surface area contributed by atoms with Gasteiger partial charge in [0, 0.05) is 27.9 Å². The van der Waals surface area contributed by atoms with E-state index in [1.165, 1.54) is 10.1 Å². The molecular weight excluding hydrogens is 440 g/mol. The van der Waals surface area contributed by atoms with E-state index in [0.29, 0.717) is 0 Å². The van der Waals surface area contributed by atoms with E-state index in [1.807, 2.05) is 42.6 Å². The Hall–Kier alpha value is -4.49. The molecular formula is C27H16N6S. The van der Waals surface area contributed by atoms with Gasteiger partial charge in [0.05, 0.1) is 40.2 Å². The van der Waals surface area contributed by atoms with Gasteiger partial charge in [0.2, 0.25) is 0 Å². The average molecular weight is 457 g/mol. The highest BCUT2D eigenvalue weighted by molar-refractivity contribution is 7.25. The number of benzene rings is 1. The van der Waals surface area contributed by atoms with Crippen molar-refractivity contribution in [1.29, 1.82) is 0 Å². The number of fused-ring (bicyclic) bond motifs is 5. The van der Waals surface area contributed by atoms with Crippen LogP contribution in [0.15, 0.2) is 97.7 Å². The number of hydrogen-bond donors (Lipinski definition) is 0. The van der Waals surface area contributed by atoms with Crippen LogP contribution in [-0.2, 0) is 0 Å². The van der Waals surface area contributed by atoms with E-state index in [0.717, 1.165) is 49.7 Å². The molecule has 1 aromatic carbocycles. The molecule has 0 aliphatic heterocycles. The van der Waals surface area contributed by atoms with E-state index < -0.39 is 0 Å². The van der Waals surface area contributed by atoms with Crippen molar-refractivity contribution in [1.82, 2.24) is 29.5 Å². The SMILES string of the molecule is c1ccc(-c2cc(-n3c4cncnc4c4c5ccccc5sc43)cc(-c3ccccn3)n2)nc1. The van der Waals surface area contributed by atoms with E-state index in [1.54, 1.807) is 30.1 Å². The maximum absolute atomic E-state index is 4.92. The minimum absolute atomic E-state index is 0.784. The fraction of sp³-hybridized carbons (Fsp3) is 0. The number of nitrogens with zero attached hydrogens (tertiary/aromatic N) is 6. The zero-order valence-electron chi connectivity index (χ0n) is 17.8. The van der Waals surface area contributed by atoms with Gasteiger partial charge in [-0.2, -0.15) is 0 Å². The third-order valence-corrected chi connectivity index (χ3v) is 7.03. The van der Waals surface area contributed by atoms with Gasteiger partial charge in [-0.15, -0.1) is 11.3 Å². The predicted octanol–water partition coefficient (Wildman–Crippen LogP) is 6.31. The lowest BCUT2D eigenvalue weighted by molar-refractivity contribution is 1.13. The van der Waals surface area contributed by atoms with Crippen molar-refractivity contribution in [3.63, 3.8) is 0 Å². The largest absolute Gasteiger partial charge is 0.297 e. The molecule has 0 N–H and O–H groups in total. The predicted molar refractivity (Wildman–Crippen MR) is 136 cm³/mol. The van der Waals surface area contributed by atoms with E-state index in [4.69, 9.17) is 4.98 Å². The van der Waals surface area contributed by atoms with Crippen molar-refractivity contribution >= 4 is 42.7 Å². The Kier molecular flexibility index (Phi) is 4.22. The molecule has 6 nitrogen and oxygen atoms in total. The lowest BCUT2D eigenvalue weighted by Crippen LogP contribution is -1.99. The van der Waals surface area contributed by atoms with E-state index in [-0.39, 0.29) is 0 Å². The van der Waals surface area contributed by atoms with Crippen LogP contribution in [-0.4, -0.2) is 29.5 Å². The van der Waals surface area contributed by atoms with Crippen molar-refractivity contribution in [2.24, 2.45) is 0 Å². The Balaban J connectivity index is 1.59.